The summed E-state index contributed by atoms with van der Waals surface area (Å²) in [6, 6.07) is 6.61. The van der Waals surface area contributed by atoms with E-state index in [1.807, 2.05) is 0 Å². The Morgan fingerprint density at radius 3 is 2.21 bits per heavy atom. The number of rotatable bonds is 2. The fraction of sp³-hybridized carbons (Fsp3) is 0.538. The first-order chi connectivity index (χ1) is 6.77. The van der Waals surface area contributed by atoms with Crippen molar-refractivity contribution >= 4 is 11.8 Å². The van der Waals surface area contributed by atoms with Crippen molar-refractivity contribution in [1.82, 2.24) is 0 Å². The molecule has 1 heteroatoms. The highest BCUT2D eigenvalue weighted by Gasteiger charge is 2.17. The Hall–Kier alpha value is -0.430. The molecule has 14 heavy (non-hydrogen) atoms. The molecule has 1 saturated carbocycles. The summed E-state index contributed by atoms with van der Waals surface area (Å²) in [6.07, 6.45) is 5.70. The first kappa shape index (κ1) is 10.1. The molecule has 0 atom stereocenters. The van der Waals surface area contributed by atoms with Gasteiger partial charge in [0, 0.05) is 10.1 Å². The van der Waals surface area contributed by atoms with Crippen LogP contribution in [0.5, 0.6) is 0 Å². The van der Waals surface area contributed by atoms with Gasteiger partial charge in [-0.15, -0.1) is 11.8 Å². The fourth-order valence-corrected chi connectivity index (χ4v) is 3.57. The maximum absolute atomic E-state index is 2.23. The van der Waals surface area contributed by atoms with Crippen molar-refractivity contribution in [2.24, 2.45) is 0 Å². The molecule has 0 saturated heterocycles. The second kappa shape index (κ2) is 4.39. The Morgan fingerprint density at radius 1 is 1.07 bits per heavy atom. The molecule has 76 valence electrons. The molecule has 1 aliphatic rings. The van der Waals surface area contributed by atoms with E-state index in [1.54, 1.807) is 0 Å². The molecular formula is C13H18S. The maximum Gasteiger partial charge on any atom is 0.0133 e. The molecule has 0 spiro atoms. The smallest absolute Gasteiger partial charge is 0.0133 e. The molecule has 0 amide bonds. The van der Waals surface area contributed by atoms with E-state index < -0.39 is 0 Å². The van der Waals surface area contributed by atoms with Gasteiger partial charge in [0.2, 0.25) is 0 Å². The molecule has 0 unspecified atom stereocenters. The fourth-order valence-electron chi connectivity index (χ4n) is 2.16. The van der Waals surface area contributed by atoms with Gasteiger partial charge in [-0.1, -0.05) is 31.0 Å². The molecular weight excluding hydrogens is 188 g/mol. The lowest BCUT2D eigenvalue weighted by molar-refractivity contribution is 0.886. The summed E-state index contributed by atoms with van der Waals surface area (Å²) >= 11 is 2.10. The van der Waals surface area contributed by atoms with E-state index in [1.165, 1.54) is 41.7 Å². The van der Waals surface area contributed by atoms with Crippen LogP contribution in [0.4, 0.5) is 0 Å². The van der Waals surface area contributed by atoms with Gasteiger partial charge < -0.3 is 0 Å². The normalized spacial score (nSPS) is 17.6. The molecule has 1 fully saturated rings. The van der Waals surface area contributed by atoms with Crippen LogP contribution < -0.4 is 0 Å². The average molecular weight is 206 g/mol. The van der Waals surface area contributed by atoms with Crippen LogP contribution in [0, 0.1) is 13.8 Å². The van der Waals surface area contributed by atoms with Crippen LogP contribution in [0.3, 0.4) is 0 Å². The van der Waals surface area contributed by atoms with Gasteiger partial charge in [0.15, 0.2) is 0 Å². The van der Waals surface area contributed by atoms with E-state index in [-0.39, 0.29) is 0 Å². The summed E-state index contributed by atoms with van der Waals surface area (Å²) in [6.45, 7) is 4.45. The predicted octanol–water partition coefficient (Wildman–Crippen LogP) is 4.34. The summed E-state index contributed by atoms with van der Waals surface area (Å²) in [5.74, 6) is 0. The van der Waals surface area contributed by atoms with E-state index in [0.29, 0.717) is 0 Å². The lowest BCUT2D eigenvalue weighted by atomic mass is 10.2. The SMILES string of the molecule is Cc1cccc(C)c1SC1CCCC1. The third-order valence-electron chi connectivity index (χ3n) is 3.00. The molecule has 0 aromatic heterocycles. The molecule has 1 aromatic rings. The highest BCUT2D eigenvalue weighted by atomic mass is 32.2. The average Bonchev–Trinajstić information content (AvgIpc) is 2.64. The van der Waals surface area contributed by atoms with Crippen LogP contribution in [0.2, 0.25) is 0 Å². The zero-order valence-electron chi connectivity index (χ0n) is 9.05. The monoisotopic (exact) mass is 206 g/mol. The van der Waals surface area contributed by atoms with Crippen LogP contribution in [0.1, 0.15) is 36.8 Å². The zero-order chi connectivity index (χ0) is 9.97. The van der Waals surface area contributed by atoms with E-state index in [2.05, 4.69) is 43.8 Å². The largest absolute Gasteiger partial charge is 0.122 e. The summed E-state index contributed by atoms with van der Waals surface area (Å²) in [7, 11) is 0. The topological polar surface area (TPSA) is 0 Å². The molecule has 1 aromatic carbocycles. The Morgan fingerprint density at radius 2 is 1.64 bits per heavy atom. The van der Waals surface area contributed by atoms with Crippen molar-refractivity contribution in [3.8, 4) is 0 Å². The number of hydrogen-bond donors (Lipinski definition) is 0. The molecule has 2 rings (SSSR count). The van der Waals surface area contributed by atoms with Crippen molar-refractivity contribution in [3.63, 3.8) is 0 Å². The summed E-state index contributed by atoms with van der Waals surface area (Å²) in [5.41, 5.74) is 2.89. The highest BCUT2D eigenvalue weighted by molar-refractivity contribution is 8.00. The van der Waals surface area contributed by atoms with Crippen LogP contribution in [0.25, 0.3) is 0 Å². The minimum Gasteiger partial charge on any atom is -0.122 e. The quantitative estimate of drug-likeness (QED) is 0.693. The third kappa shape index (κ3) is 2.14. The number of aryl methyl sites for hydroxylation is 2. The van der Waals surface area contributed by atoms with Crippen LogP contribution in [-0.2, 0) is 0 Å². The minimum atomic E-state index is 0.884. The van der Waals surface area contributed by atoms with Crippen LogP contribution in [0.15, 0.2) is 23.1 Å². The Bertz CT molecular complexity index is 291. The second-order valence-corrected chi connectivity index (χ2v) is 5.56. The van der Waals surface area contributed by atoms with Gasteiger partial charge in [0.1, 0.15) is 0 Å². The molecule has 0 nitrogen and oxygen atoms in total. The number of hydrogen-bond acceptors (Lipinski definition) is 1. The van der Waals surface area contributed by atoms with Gasteiger partial charge in [-0.25, -0.2) is 0 Å². The van der Waals surface area contributed by atoms with E-state index in [4.69, 9.17) is 0 Å². The van der Waals surface area contributed by atoms with Crippen molar-refractivity contribution in [2.75, 3.05) is 0 Å². The lowest BCUT2D eigenvalue weighted by Gasteiger charge is -2.13. The highest BCUT2D eigenvalue weighted by Crippen LogP contribution is 2.37. The standard InChI is InChI=1S/C13H18S/c1-10-6-5-7-11(2)13(10)14-12-8-3-4-9-12/h5-7,12H,3-4,8-9H2,1-2H3. The van der Waals surface area contributed by atoms with Crippen molar-refractivity contribution in [3.05, 3.63) is 29.3 Å². The minimum absolute atomic E-state index is 0.884. The third-order valence-corrected chi connectivity index (χ3v) is 4.68. The summed E-state index contributed by atoms with van der Waals surface area (Å²) in [5, 5.41) is 0.884. The van der Waals surface area contributed by atoms with Gasteiger partial charge in [-0.3, -0.25) is 0 Å². The van der Waals surface area contributed by atoms with Crippen molar-refractivity contribution in [1.29, 1.82) is 0 Å². The second-order valence-electron chi connectivity index (χ2n) is 4.25. The summed E-state index contributed by atoms with van der Waals surface area (Å²) in [4.78, 5) is 1.53. The zero-order valence-corrected chi connectivity index (χ0v) is 9.86. The first-order valence-corrected chi connectivity index (χ1v) is 6.38. The molecule has 1 aliphatic carbocycles. The van der Waals surface area contributed by atoms with Gasteiger partial charge in [0.05, 0.1) is 0 Å². The van der Waals surface area contributed by atoms with Gasteiger partial charge in [0.25, 0.3) is 0 Å². The lowest BCUT2D eigenvalue weighted by Crippen LogP contribution is -1.96. The molecule has 0 bridgehead atoms. The van der Waals surface area contributed by atoms with Gasteiger partial charge in [-0.05, 0) is 37.8 Å². The molecule has 0 heterocycles. The van der Waals surface area contributed by atoms with E-state index >= 15 is 0 Å². The van der Waals surface area contributed by atoms with E-state index in [0.717, 1.165) is 5.25 Å². The van der Waals surface area contributed by atoms with Crippen molar-refractivity contribution in [2.45, 2.75) is 49.7 Å². The van der Waals surface area contributed by atoms with E-state index in [9.17, 15) is 0 Å². The van der Waals surface area contributed by atoms with Crippen LogP contribution >= 0.6 is 11.8 Å². The number of thioether (sulfide) groups is 1. The van der Waals surface area contributed by atoms with Gasteiger partial charge >= 0.3 is 0 Å². The number of benzene rings is 1. The van der Waals surface area contributed by atoms with Gasteiger partial charge in [-0.2, -0.15) is 0 Å². The maximum atomic E-state index is 2.23. The first-order valence-electron chi connectivity index (χ1n) is 5.50. The molecule has 0 radical (unpaired) electrons. The van der Waals surface area contributed by atoms with Crippen LogP contribution in [-0.4, -0.2) is 5.25 Å². The Labute approximate surface area is 91.1 Å². The van der Waals surface area contributed by atoms with Crippen molar-refractivity contribution < 1.29 is 0 Å². The predicted molar refractivity (Wildman–Crippen MR) is 64.0 cm³/mol. The molecule has 0 aliphatic heterocycles. The summed E-state index contributed by atoms with van der Waals surface area (Å²) < 4.78 is 0. The Kier molecular flexibility index (Phi) is 3.17. The Balaban J connectivity index is 2.14. The molecule has 0 N–H and O–H groups in total.